The molecule has 4 nitrogen and oxygen atoms in total. The third-order valence-electron chi connectivity index (χ3n) is 5.25. The second-order valence-electron chi connectivity index (χ2n) is 7.42. The van der Waals surface area contributed by atoms with E-state index in [1.54, 1.807) is 0 Å². The van der Waals surface area contributed by atoms with Crippen LogP contribution in [0.15, 0.2) is 48.5 Å². The largest absolute Gasteiger partial charge is 0.356 e. The molecule has 0 spiro atoms. The fourth-order valence-electron chi connectivity index (χ4n) is 4.09. The maximum atomic E-state index is 4.92. The minimum Gasteiger partial charge on any atom is -0.356 e. The molecule has 0 atom stereocenters. The average molecular weight is 373 g/mol. The van der Waals surface area contributed by atoms with Gasteiger partial charge in [-0.1, -0.05) is 50.2 Å². The van der Waals surface area contributed by atoms with Crippen LogP contribution in [0.5, 0.6) is 0 Å². The molecule has 2 heterocycles. The Labute approximate surface area is 166 Å². The number of benzene rings is 2. The average Bonchev–Trinajstić information content (AvgIpc) is 3.01. The number of para-hydroxylation sites is 2. The third-order valence-corrected chi connectivity index (χ3v) is 5.25. The SMILES string of the molecule is CCCN(CCC)c1nc(C)nc2c1c1ccccc1n2-c1ccccc1C. The highest BCUT2D eigenvalue weighted by atomic mass is 15.2. The fraction of sp³-hybridized carbons (Fsp3) is 0.333. The zero-order chi connectivity index (χ0) is 19.7. The minimum atomic E-state index is 0.817. The normalized spacial score (nSPS) is 11.4. The Balaban J connectivity index is 2.13. The monoisotopic (exact) mass is 372 g/mol. The van der Waals surface area contributed by atoms with Crippen LogP contribution in [0.3, 0.4) is 0 Å². The van der Waals surface area contributed by atoms with Gasteiger partial charge < -0.3 is 4.90 Å². The molecule has 2 aromatic carbocycles. The van der Waals surface area contributed by atoms with Crippen LogP contribution in [0.4, 0.5) is 5.82 Å². The van der Waals surface area contributed by atoms with Gasteiger partial charge in [0.2, 0.25) is 0 Å². The maximum absolute atomic E-state index is 4.92. The van der Waals surface area contributed by atoms with Gasteiger partial charge in [0.25, 0.3) is 0 Å². The molecule has 4 heteroatoms. The zero-order valence-corrected chi connectivity index (χ0v) is 17.2. The van der Waals surface area contributed by atoms with E-state index in [0.717, 1.165) is 48.6 Å². The van der Waals surface area contributed by atoms with Gasteiger partial charge in [0, 0.05) is 18.5 Å². The van der Waals surface area contributed by atoms with Crippen molar-refractivity contribution in [1.29, 1.82) is 0 Å². The molecule has 0 amide bonds. The highest BCUT2D eigenvalue weighted by Gasteiger charge is 2.21. The molecule has 4 rings (SSSR count). The first-order valence-electron chi connectivity index (χ1n) is 10.2. The lowest BCUT2D eigenvalue weighted by atomic mass is 10.2. The summed E-state index contributed by atoms with van der Waals surface area (Å²) < 4.78 is 2.30. The van der Waals surface area contributed by atoms with Crippen molar-refractivity contribution in [2.45, 2.75) is 40.5 Å². The number of nitrogens with zero attached hydrogens (tertiary/aromatic N) is 4. The fourth-order valence-corrected chi connectivity index (χ4v) is 4.09. The minimum absolute atomic E-state index is 0.817. The number of anilines is 1. The quantitative estimate of drug-likeness (QED) is 0.428. The van der Waals surface area contributed by atoms with Crippen LogP contribution in [-0.2, 0) is 0 Å². The Morgan fingerprint density at radius 2 is 1.54 bits per heavy atom. The summed E-state index contributed by atoms with van der Waals surface area (Å²) in [6.45, 7) is 10.6. The van der Waals surface area contributed by atoms with Crippen LogP contribution >= 0.6 is 0 Å². The van der Waals surface area contributed by atoms with Gasteiger partial charge in [0.15, 0.2) is 5.65 Å². The van der Waals surface area contributed by atoms with E-state index in [4.69, 9.17) is 9.97 Å². The van der Waals surface area contributed by atoms with E-state index < -0.39 is 0 Å². The molecule has 0 bridgehead atoms. The molecule has 0 radical (unpaired) electrons. The van der Waals surface area contributed by atoms with Gasteiger partial charge in [-0.05, 0) is 44.4 Å². The number of aryl methyl sites for hydroxylation is 2. The summed E-state index contributed by atoms with van der Waals surface area (Å²) >= 11 is 0. The number of aromatic nitrogens is 3. The summed E-state index contributed by atoms with van der Waals surface area (Å²) in [5.41, 5.74) is 4.59. The molecule has 0 unspecified atom stereocenters. The zero-order valence-electron chi connectivity index (χ0n) is 17.2. The van der Waals surface area contributed by atoms with Crippen molar-refractivity contribution >= 4 is 27.8 Å². The molecule has 4 aromatic rings. The van der Waals surface area contributed by atoms with Crippen molar-refractivity contribution in [2.24, 2.45) is 0 Å². The van der Waals surface area contributed by atoms with Gasteiger partial charge in [-0.2, -0.15) is 0 Å². The lowest BCUT2D eigenvalue weighted by Crippen LogP contribution is -2.26. The van der Waals surface area contributed by atoms with Crippen LogP contribution < -0.4 is 4.90 Å². The van der Waals surface area contributed by atoms with Crippen molar-refractivity contribution in [3.8, 4) is 5.69 Å². The predicted octanol–water partition coefficient (Wildman–Crippen LogP) is 5.82. The Kier molecular flexibility index (Phi) is 5.03. The first kappa shape index (κ1) is 18.5. The smallest absolute Gasteiger partial charge is 0.151 e. The first-order valence-corrected chi connectivity index (χ1v) is 10.2. The van der Waals surface area contributed by atoms with Crippen molar-refractivity contribution in [3.05, 3.63) is 59.9 Å². The van der Waals surface area contributed by atoms with Crippen LogP contribution in [0.2, 0.25) is 0 Å². The Hall–Kier alpha value is -2.88. The predicted molar refractivity (Wildman–Crippen MR) is 119 cm³/mol. The van der Waals surface area contributed by atoms with Gasteiger partial charge >= 0.3 is 0 Å². The summed E-state index contributed by atoms with van der Waals surface area (Å²) in [4.78, 5) is 12.3. The molecular formula is C24H28N4. The number of fused-ring (bicyclic) bond motifs is 3. The van der Waals surface area contributed by atoms with Gasteiger partial charge in [0.05, 0.1) is 16.6 Å². The van der Waals surface area contributed by atoms with Gasteiger partial charge in [-0.15, -0.1) is 0 Å². The van der Waals surface area contributed by atoms with E-state index in [0.29, 0.717) is 0 Å². The van der Waals surface area contributed by atoms with E-state index in [1.807, 2.05) is 6.92 Å². The number of hydrogen-bond acceptors (Lipinski definition) is 3. The topological polar surface area (TPSA) is 34.0 Å². The summed E-state index contributed by atoms with van der Waals surface area (Å²) in [5.74, 6) is 1.88. The second-order valence-corrected chi connectivity index (χ2v) is 7.42. The third kappa shape index (κ3) is 3.03. The molecule has 2 aromatic heterocycles. The standard InChI is InChI=1S/C24H28N4/c1-5-15-27(16-6-2)23-22-19-12-8-10-14-21(19)28(24(22)26-18(4)25-23)20-13-9-7-11-17(20)3/h7-14H,5-6,15-16H2,1-4H3. The Morgan fingerprint density at radius 3 is 2.25 bits per heavy atom. The molecule has 144 valence electrons. The molecule has 0 fully saturated rings. The molecule has 0 N–H and O–H groups in total. The maximum Gasteiger partial charge on any atom is 0.151 e. The second kappa shape index (κ2) is 7.63. The molecule has 0 aliphatic rings. The summed E-state index contributed by atoms with van der Waals surface area (Å²) in [6, 6.07) is 17.1. The van der Waals surface area contributed by atoms with Crippen molar-refractivity contribution in [1.82, 2.24) is 14.5 Å². The number of hydrogen-bond donors (Lipinski definition) is 0. The van der Waals surface area contributed by atoms with Crippen LogP contribution in [0, 0.1) is 13.8 Å². The van der Waals surface area contributed by atoms with Crippen molar-refractivity contribution in [2.75, 3.05) is 18.0 Å². The van der Waals surface area contributed by atoms with E-state index in [2.05, 4.69) is 78.8 Å². The van der Waals surface area contributed by atoms with E-state index >= 15 is 0 Å². The van der Waals surface area contributed by atoms with Gasteiger partial charge in [-0.25, -0.2) is 9.97 Å². The molecule has 0 saturated carbocycles. The van der Waals surface area contributed by atoms with Crippen molar-refractivity contribution in [3.63, 3.8) is 0 Å². The highest BCUT2D eigenvalue weighted by molar-refractivity contribution is 6.13. The Bertz CT molecular complexity index is 1120. The summed E-state index contributed by atoms with van der Waals surface area (Å²) in [5, 5.41) is 2.37. The van der Waals surface area contributed by atoms with Gasteiger partial charge in [-0.3, -0.25) is 4.57 Å². The van der Waals surface area contributed by atoms with Crippen LogP contribution in [-0.4, -0.2) is 27.6 Å². The lowest BCUT2D eigenvalue weighted by molar-refractivity contribution is 0.734. The van der Waals surface area contributed by atoms with Crippen LogP contribution in [0.1, 0.15) is 38.1 Å². The van der Waals surface area contributed by atoms with E-state index in [-0.39, 0.29) is 0 Å². The Morgan fingerprint density at radius 1 is 0.857 bits per heavy atom. The summed E-state index contributed by atoms with van der Waals surface area (Å²) in [7, 11) is 0. The van der Waals surface area contributed by atoms with E-state index in [9.17, 15) is 0 Å². The highest BCUT2D eigenvalue weighted by Crippen LogP contribution is 2.36. The van der Waals surface area contributed by atoms with Crippen molar-refractivity contribution < 1.29 is 0 Å². The lowest BCUT2D eigenvalue weighted by Gasteiger charge is -2.23. The van der Waals surface area contributed by atoms with Gasteiger partial charge in [0.1, 0.15) is 11.6 Å². The molecule has 0 saturated heterocycles. The molecule has 0 aliphatic heterocycles. The molecule has 0 aliphatic carbocycles. The van der Waals surface area contributed by atoms with Crippen LogP contribution in [0.25, 0.3) is 27.6 Å². The number of rotatable bonds is 6. The van der Waals surface area contributed by atoms with E-state index in [1.165, 1.54) is 22.2 Å². The molecule has 28 heavy (non-hydrogen) atoms. The molecular weight excluding hydrogens is 344 g/mol. The first-order chi connectivity index (χ1) is 13.7. The summed E-state index contributed by atoms with van der Waals surface area (Å²) in [6.07, 6.45) is 2.20.